The number of aryl methyl sites for hydroxylation is 1. The number of nitrogens with zero attached hydrogens (tertiary/aromatic N) is 1. The Morgan fingerprint density at radius 1 is 1.04 bits per heavy atom. The molecule has 138 valence electrons. The van der Waals surface area contributed by atoms with Crippen LogP contribution in [0.1, 0.15) is 16.7 Å². The van der Waals surface area contributed by atoms with Gasteiger partial charge in [0.2, 0.25) is 0 Å². The minimum Gasteiger partial charge on any atom is -0.490 e. The summed E-state index contributed by atoms with van der Waals surface area (Å²) in [4.78, 5) is 4.55. The molecule has 27 heavy (non-hydrogen) atoms. The standard InChI is InChI=1S/C23H24N2O2/c1-15-4-3-5-20(16(15)2)18-7-6-17-14-22(27-11-10-26)21(13-19(17)12-18)23-24-8-9-25-23/h3-7,12-14,26H,8-11H2,1-2H3,(H,24,25). The molecule has 0 amide bonds. The van der Waals surface area contributed by atoms with E-state index in [-0.39, 0.29) is 13.2 Å². The number of nitrogens with one attached hydrogen (secondary N) is 1. The van der Waals surface area contributed by atoms with Crippen molar-refractivity contribution in [2.24, 2.45) is 4.99 Å². The molecule has 0 aliphatic carbocycles. The molecule has 0 saturated carbocycles. The van der Waals surface area contributed by atoms with Crippen molar-refractivity contribution < 1.29 is 9.84 Å². The van der Waals surface area contributed by atoms with Gasteiger partial charge in [-0.3, -0.25) is 4.99 Å². The van der Waals surface area contributed by atoms with Crippen LogP contribution in [0, 0.1) is 13.8 Å². The van der Waals surface area contributed by atoms with Crippen molar-refractivity contribution >= 4 is 16.6 Å². The van der Waals surface area contributed by atoms with Gasteiger partial charge in [0.05, 0.1) is 18.7 Å². The monoisotopic (exact) mass is 360 g/mol. The zero-order chi connectivity index (χ0) is 18.8. The molecule has 3 aromatic carbocycles. The van der Waals surface area contributed by atoms with Crippen LogP contribution in [0.25, 0.3) is 21.9 Å². The second kappa shape index (κ2) is 7.41. The predicted octanol–water partition coefficient (Wildman–Crippen LogP) is 3.84. The van der Waals surface area contributed by atoms with Gasteiger partial charge < -0.3 is 15.2 Å². The van der Waals surface area contributed by atoms with Crippen molar-refractivity contribution in [3.8, 4) is 16.9 Å². The van der Waals surface area contributed by atoms with E-state index < -0.39 is 0 Å². The molecular formula is C23H24N2O2. The summed E-state index contributed by atoms with van der Waals surface area (Å²) >= 11 is 0. The van der Waals surface area contributed by atoms with Gasteiger partial charge in [-0.05, 0) is 65.1 Å². The molecule has 0 aromatic heterocycles. The lowest BCUT2D eigenvalue weighted by molar-refractivity contribution is 0.201. The van der Waals surface area contributed by atoms with E-state index in [1.807, 2.05) is 6.07 Å². The first-order chi connectivity index (χ1) is 13.2. The minimum absolute atomic E-state index is 0.0110. The van der Waals surface area contributed by atoms with Gasteiger partial charge in [-0.25, -0.2) is 0 Å². The van der Waals surface area contributed by atoms with E-state index in [0.29, 0.717) is 0 Å². The van der Waals surface area contributed by atoms with E-state index in [1.165, 1.54) is 22.3 Å². The molecule has 4 rings (SSSR count). The highest BCUT2D eigenvalue weighted by Crippen LogP contribution is 2.32. The normalized spacial score (nSPS) is 13.5. The van der Waals surface area contributed by atoms with Crippen molar-refractivity contribution in [3.05, 3.63) is 65.2 Å². The summed E-state index contributed by atoms with van der Waals surface area (Å²) < 4.78 is 5.79. The summed E-state index contributed by atoms with van der Waals surface area (Å²) in [6.45, 7) is 6.19. The van der Waals surface area contributed by atoms with E-state index in [9.17, 15) is 0 Å². The van der Waals surface area contributed by atoms with Crippen molar-refractivity contribution in [1.29, 1.82) is 0 Å². The van der Waals surface area contributed by atoms with Gasteiger partial charge in [0, 0.05) is 6.54 Å². The molecule has 0 radical (unpaired) electrons. The van der Waals surface area contributed by atoms with E-state index in [0.717, 1.165) is 41.0 Å². The molecule has 3 aromatic rings. The fourth-order valence-corrected chi connectivity index (χ4v) is 3.55. The van der Waals surface area contributed by atoms with Gasteiger partial charge in [-0.1, -0.05) is 30.3 Å². The van der Waals surface area contributed by atoms with Gasteiger partial charge in [0.25, 0.3) is 0 Å². The second-order valence-electron chi connectivity index (χ2n) is 6.89. The SMILES string of the molecule is Cc1cccc(-c2ccc3cc(OCCO)c(C4=NCCN4)cc3c2)c1C. The lowest BCUT2D eigenvalue weighted by atomic mass is 9.94. The zero-order valence-electron chi connectivity index (χ0n) is 15.7. The highest BCUT2D eigenvalue weighted by molar-refractivity contribution is 6.06. The molecule has 2 N–H and O–H groups in total. The van der Waals surface area contributed by atoms with E-state index in [1.54, 1.807) is 0 Å². The third-order valence-electron chi connectivity index (χ3n) is 5.13. The third kappa shape index (κ3) is 3.40. The Morgan fingerprint density at radius 3 is 2.70 bits per heavy atom. The van der Waals surface area contributed by atoms with Crippen LogP contribution in [0.15, 0.2) is 53.5 Å². The highest BCUT2D eigenvalue weighted by Gasteiger charge is 2.16. The van der Waals surface area contributed by atoms with Gasteiger partial charge >= 0.3 is 0 Å². The number of hydrogen-bond acceptors (Lipinski definition) is 4. The summed E-state index contributed by atoms with van der Waals surface area (Å²) in [5, 5.41) is 14.7. The number of benzene rings is 3. The first kappa shape index (κ1) is 17.6. The molecule has 1 heterocycles. The number of aliphatic hydroxyl groups is 1. The first-order valence-electron chi connectivity index (χ1n) is 9.34. The van der Waals surface area contributed by atoms with Crippen LogP contribution >= 0.6 is 0 Å². The molecule has 4 nitrogen and oxygen atoms in total. The Balaban J connectivity index is 1.84. The highest BCUT2D eigenvalue weighted by atomic mass is 16.5. The van der Waals surface area contributed by atoms with Crippen LogP contribution in [0.2, 0.25) is 0 Å². The largest absolute Gasteiger partial charge is 0.490 e. The lowest BCUT2D eigenvalue weighted by Gasteiger charge is -2.14. The number of aliphatic hydroxyl groups excluding tert-OH is 1. The van der Waals surface area contributed by atoms with Gasteiger partial charge in [-0.15, -0.1) is 0 Å². The fourth-order valence-electron chi connectivity index (χ4n) is 3.55. The smallest absolute Gasteiger partial charge is 0.132 e. The van der Waals surface area contributed by atoms with Gasteiger partial charge in [-0.2, -0.15) is 0 Å². The molecule has 0 bridgehead atoms. The number of aliphatic imine (C=N–C) groups is 1. The fraction of sp³-hybridized carbons (Fsp3) is 0.261. The van der Waals surface area contributed by atoms with E-state index in [2.05, 4.69) is 66.6 Å². The van der Waals surface area contributed by atoms with E-state index >= 15 is 0 Å². The Bertz CT molecular complexity index is 1020. The van der Waals surface area contributed by atoms with Crippen molar-refractivity contribution in [2.45, 2.75) is 13.8 Å². The first-order valence-corrected chi connectivity index (χ1v) is 9.34. The maximum absolute atomic E-state index is 9.14. The molecule has 0 spiro atoms. The van der Waals surface area contributed by atoms with Crippen molar-refractivity contribution in [3.63, 3.8) is 0 Å². The number of rotatable bonds is 5. The molecule has 0 saturated heterocycles. The summed E-state index contributed by atoms with van der Waals surface area (Å²) in [6, 6.07) is 17.1. The van der Waals surface area contributed by atoms with Crippen LogP contribution in [0.4, 0.5) is 0 Å². The van der Waals surface area contributed by atoms with E-state index in [4.69, 9.17) is 9.84 Å². The number of amidine groups is 1. The molecule has 0 fully saturated rings. The maximum atomic E-state index is 9.14. The maximum Gasteiger partial charge on any atom is 0.132 e. The molecule has 0 atom stereocenters. The van der Waals surface area contributed by atoms with Crippen LogP contribution in [0.3, 0.4) is 0 Å². The Hall–Kier alpha value is -2.85. The summed E-state index contributed by atoms with van der Waals surface area (Å²) in [5.74, 6) is 1.62. The molecule has 0 unspecified atom stereocenters. The van der Waals surface area contributed by atoms with Crippen molar-refractivity contribution in [1.82, 2.24) is 5.32 Å². The Morgan fingerprint density at radius 2 is 1.93 bits per heavy atom. The van der Waals surface area contributed by atoms with Crippen LogP contribution < -0.4 is 10.1 Å². The molecule has 4 heteroatoms. The Kier molecular flexibility index (Phi) is 4.82. The summed E-state index contributed by atoms with van der Waals surface area (Å²) in [6.07, 6.45) is 0. The average Bonchev–Trinajstić information content (AvgIpc) is 3.22. The van der Waals surface area contributed by atoms with Gasteiger partial charge in [0.1, 0.15) is 18.2 Å². The van der Waals surface area contributed by atoms with Crippen LogP contribution in [-0.2, 0) is 0 Å². The topological polar surface area (TPSA) is 53.9 Å². The predicted molar refractivity (Wildman–Crippen MR) is 111 cm³/mol. The Labute approximate surface area is 159 Å². The quantitative estimate of drug-likeness (QED) is 0.727. The lowest BCUT2D eigenvalue weighted by Crippen LogP contribution is -2.20. The second-order valence-corrected chi connectivity index (χ2v) is 6.89. The number of fused-ring (bicyclic) bond motifs is 1. The molecular weight excluding hydrogens is 336 g/mol. The van der Waals surface area contributed by atoms with Crippen LogP contribution in [0.5, 0.6) is 5.75 Å². The van der Waals surface area contributed by atoms with Gasteiger partial charge in [0.15, 0.2) is 0 Å². The third-order valence-corrected chi connectivity index (χ3v) is 5.13. The average molecular weight is 360 g/mol. The molecule has 1 aliphatic rings. The van der Waals surface area contributed by atoms with Crippen LogP contribution in [-0.4, -0.2) is 37.2 Å². The summed E-state index contributed by atoms with van der Waals surface area (Å²) in [7, 11) is 0. The summed E-state index contributed by atoms with van der Waals surface area (Å²) in [5.41, 5.74) is 6.02. The zero-order valence-corrected chi connectivity index (χ0v) is 15.7. The number of hydrogen-bond donors (Lipinski definition) is 2. The minimum atomic E-state index is -0.0110. The van der Waals surface area contributed by atoms with Crippen molar-refractivity contribution in [2.75, 3.05) is 26.3 Å². The number of ether oxygens (including phenoxy) is 1. The molecule has 1 aliphatic heterocycles.